The highest BCUT2D eigenvalue weighted by Gasteiger charge is 2.38. The molecule has 0 spiro atoms. The van der Waals surface area contributed by atoms with Gasteiger partial charge in [0.05, 0.1) is 5.69 Å². The molecule has 2 aromatic rings. The lowest BCUT2D eigenvalue weighted by Crippen LogP contribution is -2.41. The third-order valence-electron chi connectivity index (χ3n) is 3.36. The van der Waals surface area contributed by atoms with Crippen molar-refractivity contribution in [2.24, 2.45) is 0 Å². The van der Waals surface area contributed by atoms with Gasteiger partial charge in [0.15, 0.2) is 0 Å². The van der Waals surface area contributed by atoms with Gasteiger partial charge in [0, 0.05) is 17.3 Å². The summed E-state index contributed by atoms with van der Waals surface area (Å²) in [5.74, 6) is -0.540. The molecule has 0 aliphatic carbocycles. The molecule has 0 fully saturated rings. The summed E-state index contributed by atoms with van der Waals surface area (Å²) in [6, 6.07) is 7.42. The Morgan fingerprint density at radius 3 is 2.57 bits per heavy atom. The molecule has 3 rings (SSSR count). The van der Waals surface area contributed by atoms with Crippen LogP contribution in [0.5, 0.6) is 0 Å². The number of carbonyl (C=O) groups excluding carboxylic acids is 1. The normalized spacial score (nSPS) is 16.6. The lowest BCUT2D eigenvalue weighted by Gasteiger charge is -2.24. The predicted molar refractivity (Wildman–Crippen MR) is 79.3 cm³/mol. The fraction of sp³-hybridized carbons (Fsp3) is 0.214. The van der Waals surface area contributed by atoms with Crippen molar-refractivity contribution in [1.82, 2.24) is 8.87 Å². The van der Waals surface area contributed by atoms with Crippen LogP contribution in [0.3, 0.4) is 0 Å². The average molecular weight is 325 g/mol. The molecule has 0 atom stereocenters. The Bertz CT molecular complexity index is 840. The number of fused-ring (bicyclic) bond motifs is 3. The SMILES string of the molecule is CC(C)N1C(=O)c2cccn2-c2ccc(Cl)cc2S1(=O)=O. The van der Waals surface area contributed by atoms with Crippen LogP contribution in [-0.4, -0.2) is 29.2 Å². The van der Waals surface area contributed by atoms with Crippen molar-refractivity contribution < 1.29 is 13.2 Å². The van der Waals surface area contributed by atoms with Crippen LogP contribution in [-0.2, 0) is 10.0 Å². The zero-order chi connectivity index (χ0) is 15.4. The Hall–Kier alpha value is -1.79. The highest BCUT2D eigenvalue weighted by atomic mass is 35.5. The molecule has 0 N–H and O–H groups in total. The molecule has 1 aromatic heterocycles. The fourth-order valence-electron chi connectivity index (χ4n) is 2.50. The lowest BCUT2D eigenvalue weighted by molar-refractivity contribution is 0.0830. The molecule has 0 saturated carbocycles. The number of halogens is 1. The summed E-state index contributed by atoms with van der Waals surface area (Å²) in [4.78, 5) is 12.6. The van der Waals surface area contributed by atoms with E-state index in [0.29, 0.717) is 16.4 Å². The first-order valence-electron chi connectivity index (χ1n) is 6.40. The van der Waals surface area contributed by atoms with E-state index in [-0.39, 0.29) is 4.90 Å². The van der Waals surface area contributed by atoms with Gasteiger partial charge in [-0.2, -0.15) is 0 Å². The zero-order valence-electron chi connectivity index (χ0n) is 11.4. The number of amides is 1. The van der Waals surface area contributed by atoms with E-state index in [4.69, 9.17) is 11.6 Å². The molecule has 1 amide bonds. The molecule has 110 valence electrons. The molecule has 1 aliphatic heterocycles. The van der Waals surface area contributed by atoms with Crippen LogP contribution in [0.15, 0.2) is 41.4 Å². The van der Waals surface area contributed by atoms with Crippen LogP contribution < -0.4 is 0 Å². The van der Waals surface area contributed by atoms with Gasteiger partial charge in [-0.25, -0.2) is 12.7 Å². The Morgan fingerprint density at radius 1 is 1.19 bits per heavy atom. The number of rotatable bonds is 1. The number of sulfonamides is 1. The minimum Gasteiger partial charge on any atom is -0.311 e. The van der Waals surface area contributed by atoms with Crippen LogP contribution in [0.4, 0.5) is 0 Å². The van der Waals surface area contributed by atoms with Crippen molar-refractivity contribution >= 4 is 27.5 Å². The van der Waals surface area contributed by atoms with E-state index in [1.54, 1.807) is 48.9 Å². The number of carbonyl (C=O) groups is 1. The van der Waals surface area contributed by atoms with Gasteiger partial charge < -0.3 is 4.57 Å². The number of hydrogen-bond donors (Lipinski definition) is 0. The molecular formula is C14H13ClN2O3S. The van der Waals surface area contributed by atoms with Crippen LogP contribution in [0.2, 0.25) is 5.02 Å². The Morgan fingerprint density at radius 2 is 1.90 bits per heavy atom. The minimum absolute atomic E-state index is 0.0343. The van der Waals surface area contributed by atoms with Crippen molar-refractivity contribution in [3.8, 4) is 5.69 Å². The third kappa shape index (κ3) is 1.98. The van der Waals surface area contributed by atoms with Crippen molar-refractivity contribution in [2.75, 3.05) is 0 Å². The maximum absolute atomic E-state index is 12.8. The van der Waals surface area contributed by atoms with E-state index >= 15 is 0 Å². The zero-order valence-corrected chi connectivity index (χ0v) is 13.0. The third-order valence-corrected chi connectivity index (χ3v) is 5.58. The standard InChI is InChI=1S/C14H13ClN2O3S/c1-9(2)17-14(18)12-4-3-7-16(12)11-6-5-10(15)8-13(11)21(17,19)20/h3-9H,1-2H3. The molecule has 0 saturated heterocycles. The highest BCUT2D eigenvalue weighted by molar-refractivity contribution is 7.89. The Balaban J connectivity index is 2.44. The summed E-state index contributed by atoms with van der Waals surface area (Å²) < 4.78 is 28.1. The lowest BCUT2D eigenvalue weighted by atomic mass is 10.3. The van der Waals surface area contributed by atoms with E-state index in [9.17, 15) is 13.2 Å². The molecule has 1 aromatic carbocycles. The van der Waals surface area contributed by atoms with Crippen molar-refractivity contribution in [1.29, 1.82) is 0 Å². The second kappa shape index (κ2) is 4.61. The van der Waals surface area contributed by atoms with Crippen molar-refractivity contribution in [2.45, 2.75) is 24.8 Å². The highest BCUT2D eigenvalue weighted by Crippen LogP contribution is 2.33. The molecule has 0 bridgehead atoms. The van der Waals surface area contributed by atoms with Crippen molar-refractivity contribution in [3.63, 3.8) is 0 Å². The molecule has 7 heteroatoms. The van der Waals surface area contributed by atoms with Crippen LogP contribution >= 0.6 is 11.6 Å². The predicted octanol–water partition coefficient (Wildman–Crippen LogP) is 2.68. The second-order valence-electron chi connectivity index (χ2n) is 5.08. The number of hydrogen-bond acceptors (Lipinski definition) is 3. The summed E-state index contributed by atoms with van der Waals surface area (Å²) in [7, 11) is -3.95. The van der Waals surface area contributed by atoms with Gasteiger partial charge in [-0.3, -0.25) is 4.79 Å². The monoisotopic (exact) mass is 324 g/mol. The molecule has 21 heavy (non-hydrogen) atoms. The molecule has 1 aliphatic rings. The van der Waals surface area contributed by atoms with E-state index in [0.717, 1.165) is 4.31 Å². The summed E-state index contributed by atoms with van der Waals surface area (Å²) in [5.41, 5.74) is 0.740. The van der Waals surface area contributed by atoms with Crippen molar-refractivity contribution in [3.05, 3.63) is 47.2 Å². The molecule has 0 unspecified atom stereocenters. The largest absolute Gasteiger partial charge is 0.311 e. The Kier molecular flexibility index (Phi) is 3.11. The number of aromatic nitrogens is 1. The first-order chi connectivity index (χ1) is 9.84. The van der Waals surface area contributed by atoms with Gasteiger partial charge in [0.1, 0.15) is 10.6 Å². The van der Waals surface area contributed by atoms with E-state index < -0.39 is 22.0 Å². The Labute approximate surface area is 127 Å². The van der Waals surface area contributed by atoms with Gasteiger partial charge in [0.2, 0.25) is 0 Å². The van der Waals surface area contributed by atoms with Crippen LogP contribution in [0.1, 0.15) is 24.3 Å². The molecule has 5 nitrogen and oxygen atoms in total. The van der Waals surface area contributed by atoms with Gasteiger partial charge in [-0.15, -0.1) is 0 Å². The number of benzene rings is 1. The maximum atomic E-state index is 12.8. The molecular weight excluding hydrogens is 312 g/mol. The minimum atomic E-state index is -3.95. The molecule has 2 heterocycles. The first kappa shape index (κ1) is 14.2. The van der Waals surface area contributed by atoms with E-state index in [1.807, 2.05) is 0 Å². The average Bonchev–Trinajstić information content (AvgIpc) is 2.84. The molecule has 0 radical (unpaired) electrons. The second-order valence-corrected chi connectivity index (χ2v) is 7.30. The smallest absolute Gasteiger partial charge is 0.284 e. The van der Waals surface area contributed by atoms with E-state index in [2.05, 4.69) is 0 Å². The van der Waals surface area contributed by atoms with Gasteiger partial charge >= 0.3 is 0 Å². The number of nitrogens with zero attached hydrogens (tertiary/aromatic N) is 2. The summed E-state index contributed by atoms with van der Waals surface area (Å²) >= 11 is 5.94. The summed E-state index contributed by atoms with van der Waals surface area (Å²) in [6.45, 7) is 3.33. The fourth-order valence-corrected chi connectivity index (χ4v) is 4.52. The van der Waals surface area contributed by atoms with E-state index in [1.165, 1.54) is 6.07 Å². The van der Waals surface area contributed by atoms with Crippen LogP contribution in [0.25, 0.3) is 5.69 Å². The van der Waals surface area contributed by atoms with Gasteiger partial charge in [-0.05, 0) is 44.2 Å². The van der Waals surface area contributed by atoms with Gasteiger partial charge in [-0.1, -0.05) is 11.6 Å². The summed E-state index contributed by atoms with van der Waals surface area (Å²) in [6.07, 6.45) is 1.67. The quantitative estimate of drug-likeness (QED) is 0.810. The van der Waals surface area contributed by atoms with Crippen LogP contribution in [0, 0.1) is 0 Å². The van der Waals surface area contributed by atoms with Gasteiger partial charge in [0.25, 0.3) is 15.9 Å². The maximum Gasteiger partial charge on any atom is 0.284 e. The summed E-state index contributed by atoms with van der Waals surface area (Å²) in [5, 5.41) is 0.309. The first-order valence-corrected chi connectivity index (χ1v) is 8.22. The topological polar surface area (TPSA) is 59.4 Å².